The number of ether oxygens (including phenoxy) is 1. The van der Waals surface area contributed by atoms with Crippen LogP contribution >= 0.6 is 0 Å². The quantitative estimate of drug-likeness (QED) is 0.242. The average molecular weight is 369 g/mol. The van der Waals surface area contributed by atoms with Gasteiger partial charge >= 0.3 is 5.97 Å². The Labute approximate surface area is 161 Å². The molecule has 1 saturated carbocycles. The molecule has 0 unspecified atom stereocenters. The number of carbonyl (C=O) groups is 1. The molecule has 144 valence electrons. The fraction of sp³-hybridized carbons (Fsp3) is 0.478. The second-order valence-corrected chi connectivity index (χ2v) is 7.16. The summed E-state index contributed by atoms with van der Waals surface area (Å²) in [6.45, 7) is 2.15. The molecular formula is C23H28FNO2. The Morgan fingerprint density at radius 1 is 1.26 bits per heavy atom. The first-order valence-corrected chi connectivity index (χ1v) is 9.85. The van der Waals surface area contributed by atoms with Gasteiger partial charge in [-0.3, -0.25) is 4.79 Å². The average Bonchev–Trinajstić information content (AvgIpc) is 2.69. The minimum atomic E-state index is -0.773. The molecular weight excluding hydrogens is 341 g/mol. The highest BCUT2D eigenvalue weighted by molar-refractivity contribution is 5.75. The first kappa shape index (κ1) is 20.9. The summed E-state index contributed by atoms with van der Waals surface area (Å²) in [6.07, 6.45) is 12.5. The van der Waals surface area contributed by atoms with Crippen molar-refractivity contribution in [3.63, 3.8) is 0 Å². The van der Waals surface area contributed by atoms with Crippen LogP contribution < -0.4 is 4.74 Å². The second kappa shape index (κ2) is 11.3. The number of carbonyl (C=O) groups excluding carboxylic acids is 1. The maximum Gasteiger partial charge on any atom is 0.314 e. The van der Waals surface area contributed by atoms with E-state index < -0.39 is 5.83 Å². The van der Waals surface area contributed by atoms with Crippen LogP contribution in [0.2, 0.25) is 0 Å². The number of aryl methyl sites for hydroxylation is 1. The molecule has 0 saturated heterocycles. The zero-order valence-corrected chi connectivity index (χ0v) is 16.0. The van der Waals surface area contributed by atoms with Crippen molar-refractivity contribution in [1.29, 1.82) is 5.26 Å². The second-order valence-electron chi connectivity index (χ2n) is 7.16. The molecule has 0 radical (unpaired) electrons. The maximum absolute atomic E-state index is 12.6. The molecule has 1 aromatic carbocycles. The highest BCUT2D eigenvalue weighted by atomic mass is 19.1. The van der Waals surface area contributed by atoms with Crippen LogP contribution in [-0.2, 0) is 11.2 Å². The van der Waals surface area contributed by atoms with E-state index in [0.29, 0.717) is 11.7 Å². The summed E-state index contributed by atoms with van der Waals surface area (Å²) in [5.74, 6) is 0.320. The highest BCUT2D eigenvalue weighted by Crippen LogP contribution is 2.32. The van der Waals surface area contributed by atoms with E-state index in [1.807, 2.05) is 30.3 Å². The Hall–Kier alpha value is -2.41. The predicted octanol–water partition coefficient (Wildman–Crippen LogP) is 6.06. The van der Waals surface area contributed by atoms with Gasteiger partial charge in [0, 0.05) is 0 Å². The van der Waals surface area contributed by atoms with Crippen LogP contribution in [0.25, 0.3) is 0 Å². The van der Waals surface area contributed by atoms with Crippen molar-refractivity contribution in [2.75, 3.05) is 0 Å². The molecule has 2 rings (SSSR count). The van der Waals surface area contributed by atoms with Crippen LogP contribution in [0.5, 0.6) is 5.75 Å². The number of halogens is 1. The molecule has 0 heterocycles. The maximum atomic E-state index is 12.6. The van der Waals surface area contributed by atoms with E-state index in [4.69, 9.17) is 10.00 Å². The molecule has 0 aliphatic heterocycles. The SMILES string of the molecule is CCCc1ccc(OC(=O)C2CCC(CCC=CC=C(F)C#N)CC2)cc1. The molecule has 0 atom stereocenters. The summed E-state index contributed by atoms with van der Waals surface area (Å²) in [4.78, 5) is 12.4. The molecule has 27 heavy (non-hydrogen) atoms. The molecule has 1 aliphatic carbocycles. The van der Waals surface area contributed by atoms with E-state index in [9.17, 15) is 9.18 Å². The summed E-state index contributed by atoms with van der Waals surface area (Å²) in [5, 5.41) is 8.33. The molecule has 0 amide bonds. The van der Waals surface area contributed by atoms with Crippen molar-refractivity contribution < 1.29 is 13.9 Å². The van der Waals surface area contributed by atoms with Crippen LogP contribution in [0, 0.1) is 23.2 Å². The van der Waals surface area contributed by atoms with E-state index in [1.54, 1.807) is 6.08 Å². The lowest BCUT2D eigenvalue weighted by molar-refractivity contribution is -0.140. The van der Waals surface area contributed by atoms with Gasteiger partial charge < -0.3 is 4.74 Å². The molecule has 0 spiro atoms. The number of hydrogen-bond donors (Lipinski definition) is 0. The minimum Gasteiger partial charge on any atom is -0.426 e. The first-order valence-electron chi connectivity index (χ1n) is 9.85. The van der Waals surface area contributed by atoms with E-state index in [2.05, 4.69) is 6.92 Å². The lowest BCUT2D eigenvalue weighted by Crippen LogP contribution is -2.25. The highest BCUT2D eigenvalue weighted by Gasteiger charge is 2.27. The van der Waals surface area contributed by atoms with Gasteiger partial charge in [-0.25, -0.2) is 0 Å². The Bertz CT molecular complexity index is 692. The van der Waals surface area contributed by atoms with Gasteiger partial charge in [-0.1, -0.05) is 37.6 Å². The largest absolute Gasteiger partial charge is 0.426 e. The molecule has 1 fully saturated rings. The van der Waals surface area contributed by atoms with Crippen LogP contribution in [0.1, 0.15) is 57.4 Å². The fourth-order valence-electron chi connectivity index (χ4n) is 3.52. The zero-order chi connectivity index (χ0) is 19.5. The van der Waals surface area contributed by atoms with Crippen LogP contribution in [0.4, 0.5) is 4.39 Å². The lowest BCUT2D eigenvalue weighted by Gasteiger charge is -2.26. The van der Waals surface area contributed by atoms with Gasteiger partial charge in [-0.15, -0.1) is 0 Å². The summed E-state index contributed by atoms with van der Waals surface area (Å²) in [5.41, 5.74) is 1.26. The van der Waals surface area contributed by atoms with Crippen molar-refractivity contribution >= 4 is 5.97 Å². The van der Waals surface area contributed by atoms with Gasteiger partial charge in [-0.05, 0) is 74.6 Å². The standard InChI is InChI=1S/C23H28FNO2/c1-2-6-18-11-15-22(16-12-18)27-23(26)20-13-9-19(10-14-20)7-4-3-5-8-21(24)17-25/h3,5,8,11-12,15-16,19-20H,2,4,6-7,9-10,13-14H2,1H3. The van der Waals surface area contributed by atoms with E-state index in [-0.39, 0.29) is 11.9 Å². The number of allylic oxidation sites excluding steroid dienone is 4. The number of esters is 1. The molecule has 0 aromatic heterocycles. The molecule has 1 aromatic rings. The van der Waals surface area contributed by atoms with E-state index in [0.717, 1.165) is 51.4 Å². The molecule has 0 N–H and O–H groups in total. The van der Waals surface area contributed by atoms with Crippen LogP contribution in [-0.4, -0.2) is 5.97 Å². The third-order valence-electron chi connectivity index (χ3n) is 5.09. The van der Waals surface area contributed by atoms with Gasteiger partial charge in [-0.2, -0.15) is 9.65 Å². The molecule has 3 nitrogen and oxygen atoms in total. The Balaban J connectivity index is 1.70. The number of nitriles is 1. The van der Waals surface area contributed by atoms with Crippen molar-refractivity contribution in [1.82, 2.24) is 0 Å². The summed E-state index contributed by atoms with van der Waals surface area (Å²) in [7, 11) is 0. The van der Waals surface area contributed by atoms with Gasteiger partial charge in [0.05, 0.1) is 5.92 Å². The molecule has 0 bridgehead atoms. The van der Waals surface area contributed by atoms with Gasteiger partial charge in [0.15, 0.2) is 5.83 Å². The summed E-state index contributed by atoms with van der Waals surface area (Å²) >= 11 is 0. The zero-order valence-electron chi connectivity index (χ0n) is 16.0. The van der Waals surface area contributed by atoms with Gasteiger partial charge in [0.2, 0.25) is 0 Å². The molecule has 1 aliphatic rings. The predicted molar refractivity (Wildman–Crippen MR) is 105 cm³/mol. The third kappa shape index (κ3) is 7.38. The summed E-state index contributed by atoms with van der Waals surface area (Å²) < 4.78 is 18.2. The van der Waals surface area contributed by atoms with Crippen LogP contribution in [0.15, 0.2) is 48.3 Å². The normalized spacial score (nSPS) is 20.4. The Morgan fingerprint density at radius 2 is 1.96 bits per heavy atom. The van der Waals surface area contributed by atoms with E-state index in [1.165, 1.54) is 17.7 Å². The van der Waals surface area contributed by atoms with Crippen LogP contribution in [0.3, 0.4) is 0 Å². The monoisotopic (exact) mass is 369 g/mol. The van der Waals surface area contributed by atoms with Gasteiger partial charge in [0.25, 0.3) is 0 Å². The number of nitrogens with zero attached hydrogens (tertiary/aromatic N) is 1. The number of benzene rings is 1. The minimum absolute atomic E-state index is 0.0141. The van der Waals surface area contributed by atoms with Crippen molar-refractivity contribution in [3.8, 4) is 11.8 Å². The number of rotatable bonds is 8. The first-order chi connectivity index (χ1) is 13.1. The summed E-state index contributed by atoms with van der Waals surface area (Å²) in [6, 6.07) is 9.25. The fourth-order valence-corrected chi connectivity index (χ4v) is 3.52. The van der Waals surface area contributed by atoms with Crippen molar-refractivity contribution in [3.05, 3.63) is 53.9 Å². The van der Waals surface area contributed by atoms with Gasteiger partial charge in [0.1, 0.15) is 11.8 Å². The Kier molecular flexibility index (Phi) is 8.77. The van der Waals surface area contributed by atoms with Crippen molar-refractivity contribution in [2.24, 2.45) is 11.8 Å². The number of hydrogen-bond acceptors (Lipinski definition) is 3. The smallest absolute Gasteiger partial charge is 0.314 e. The topological polar surface area (TPSA) is 50.1 Å². The van der Waals surface area contributed by atoms with Crippen molar-refractivity contribution in [2.45, 2.75) is 58.3 Å². The van der Waals surface area contributed by atoms with E-state index >= 15 is 0 Å². The lowest BCUT2D eigenvalue weighted by atomic mass is 9.80. The third-order valence-corrected chi connectivity index (χ3v) is 5.09. The Morgan fingerprint density at radius 3 is 2.59 bits per heavy atom. The molecule has 4 heteroatoms.